The lowest BCUT2D eigenvalue weighted by Crippen LogP contribution is -2.46. The Morgan fingerprint density at radius 1 is 0.864 bits per heavy atom. The van der Waals surface area contributed by atoms with Crippen LogP contribution in [0.15, 0.2) is 53.4 Å². The minimum absolute atomic E-state index is 0.0603. The highest BCUT2D eigenvalue weighted by Gasteiger charge is 2.40. The molecule has 0 saturated heterocycles. The van der Waals surface area contributed by atoms with Crippen LogP contribution in [-0.2, 0) is 11.3 Å². The summed E-state index contributed by atoms with van der Waals surface area (Å²) >= 11 is 0. The van der Waals surface area contributed by atoms with E-state index in [1.54, 1.807) is 0 Å². The van der Waals surface area contributed by atoms with Gasteiger partial charge in [-0.25, -0.2) is 27.4 Å². The van der Waals surface area contributed by atoms with Crippen LogP contribution in [0.1, 0.15) is 66.4 Å². The lowest BCUT2D eigenvalue weighted by atomic mass is 9.84. The van der Waals surface area contributed by atoms with Gasteiger partial charge in [-0.1, -0.05) is 43.5 Å². The first-order chi connectivity index (χ1) is 20.8. The van der Waals surface area contributed by atoms with Gasteiger partial charge in [-0.3, -0.25) is 23.9 Å². The molecule has 1 aliphatic carbocycles. The molecule has 4 rings (SSSR count). The first-order valence-corrected chi connectivity index (χ1v) is 15.3. The van der Waals surface area contributed by atoms with Gasteiger partial charge in [-0.2, -0.15) is 4.31 Å². The largest absolute Gasteiger partial charge is 0.307 e. The van der Waals surface area contributed by atoms with Crippen LogP contribution in [0.2, 0.25) is 0 Å². The van der Waals surface area contributed by atoms with Crippen molar-refractivity contribution >= 4 is 28.3 Å². The smallest absolute Gasteiger partial charge is 0.274 e. The van der Waals surface area contributed by atoms with Crippen molar-refractivity contribution < 1.29 is 45.9 Å². The van der Waals surface area contributed by atoms with E-state index in [0.29, 0.717) is 15.8 Å². The Morgan fingerprint density at radius 2 is 1.39 bits per heavy atom. The van der Waals surface area contributed by atoms with Gasteiger partial charge in [-0.15, -0.1) is 10.8 Å². The van der Waals surface area contributed by atoms with E-state index in [0.717, 1.165) is 38.3 Å². The van der Waals surface area contributed by atoms with Crippen LogP contribution in [0.25, 0.3) is 0 Å². The van der Waals surface area contributed by atoms with E-state index in [4.69, 9.17) is 5.21 Å². The fourth-order valence-electron chi connectivity index (χ4n) is 5.24. The van der Waals surface area contributed by atoms with E-state index in [2.05, 4.69) is 0 Å². The van der Waals surface area contributed by atoms with Crippen molar-refractivity contribution in [3.05, 3.63) is 94.3 Å². The van der Waals surface area contributed by atoms with Crippen molar-refractivity contribution in [1.82, 2.24) is 9.79 Å². The predicted octanol–water partition coefficient (Wildman–Crippen LogP) is 7.13. The first-order valence-electron chi connectivity index (χ1n) is 13.8. The maximum atomic E-state index is 14.5. The lowest BCUT2D eigenvalue weighted by Gasteiger charge is -2.44. The number of benzene rings is 3. The minimum atomic E-state index is -4.93. The van der Waals surface area contributed by atoms with Gasteiger partial charge in [0.15, 0.2) is 28.2 Å². The minimum Gasteiger partial charge on any atom is -0.307 e. The average Bonchev–Trinajstić information content (AvgIpc) is 3.04. The van der Waals surface area contributed by atoms with Gasteiger partial charge in [0.1, 0.15) is 6.04 Å². The van der Waals surface area contributed by atoms with E-state index >= 15 is 0 Å². The third kappa shape index (κ3) is 6.59. The molecule has 1 aliphatic rings. The fraction of sp³-hybridized carbons (Fsp3) is 0.333. The zero-order valence-electron chi connectivity index (χ0n) is 23.9. The number of amides is 2. The third-order valence-electron chi connectivity index (χ3n) is 7.95. The topological polar surface area (TPSA) is 113 Å². The highest BCUT2D eigenvalue weighted by atomic mass is 32.3. The van der Waals surface area contributed by atoms with Crippen molar-refractivity contribution in [2.75, 3.05) is 11.9 Å². The van der Waals surface area contributed by atoms with E-state index < -0.39 is 62.6 Å². The quantitative estimate of drug-likeness (QED) is 0.0651. The number of hydrogen-bond donors (Lipinski definition) is 4. The van der Waals surface area contributed by atoms with Gasteiger partial charge in [0.25, 0.3) is 5.91 Å². The summed E-state index contributed by atoms with van der Waals surface area (Å²) in [5, 5.41) is 8.92. The summed E-state index contributed by atoms with van der Waals surface area (Å²) in [6.07, 6.45) is 5.66. The Kier molecular flexibility index (Phi) is 10.3. The second-order valence-corrected chi connectivity index (χ2v) is 12.7. The van der Waals surface area contributed by atoms with Gasteiger partial charge >= 0.3 is 0 Å². The van der Waals surface area contributed by atoms with Crippen molar-refractivity contribution in [3.63, 3.8) is 0 Å². The number of carbonyl (C=O) groups excluding carboxylic acids is 2. The van der Waals surface area contributed by atoms with Gasteiger partial charge < -0.3 is 4.90 Å². The standard InChI is InChI=1S/C30H32F5N3O5S/c1-17(37(2)44(42,43)28-26(34)24(32)23(31)25(33)27(28)35)30(40)38(22-14-12-21(13-15-22)29(39)36-41)16-18-8-10-20(11-9-18)19-6-4-3-5-7-19/h8-15,17,19,41-43H,3-7,16H2,1-2H3,(H,36,39)/t17-/m1/s1. The Hall–Kier alpha value is -3.56. The molecule has 3 aromatic carbocycles. The highest BCUT2D eigenvalue weighted by molar-refractivity contribution is 8.22. The van der Waals surface area contributed by atoms with E-state index in [1.165, 1.54) is 48.0 Å². The van der Waals surface area contributed by atoms with Crippen LogP contribution >= 0.6 is 10.8 Å². The molecule has 0 aliphatic heterocycles. The predicted molar refractivity (Wildman–Crippen MR) is 154 cm³/mol. The molecule has 0 radical (unpaired) electrons. The zero-order valence-corrected chi connectivity index (χ0v) is 24.7. The molecule has 1 fully saturated rings. The van der Waals surface area contributed by atoms with Gasteiger partial charge in [0.2, 0.25) is 11.7 Å². The van der Waals surface area contributed by atoms with Crippen LogP contribution in [0.4, 0.5) is 27.6 Å². The molecule has 0 unspecified atom stereocenters. The second kappa shape index (κ2) is 13.6. The summed E-state index contributed by atoms with van der Waals surface area (Å²) in [6, 6.07) is 11.5. The molecule has 14 heteroatoms. The third-order valence-corrected chi connectivity index (χ3v) is 9.98. The van der Waals surface area contributed by atoms with E-state index in [1.807, 2.05) is 24.3 Å². The van der Waals surface area contributed by atoms with Crippen LogP contribution in [0.3, 0.4) is 0 Å². The van der Waals surface area contributed by atoms with Crippen molar-refractivity contribution in [3.8, 4) is 0 Å². The molecular formula is C30H32F5N3O5S. The van der Waals surface area contributed by atoms with Crippen molar-refractivity contribution in [1.29, 1.82) is 0 Å². The molecule has 0 bridgehead atoms. The summed E-state index contributed by atoms with van der Waals surface area (Å²) in [4.78, 5) is 25.0. The Bertz CT molecular complexity index is 1490. The summed E-state index contributed by atoms with van der Waals surface area (Å²) in [7, 11) is -4.02. The number of rotatable bonds is 9. The normalized spacial score (nSPS) is 15.2. The van der Waals surface area contributed by atoms with Gasteiger partial charge in [-0.05, 0) is 61.1 Å². The summed E-state index contributed by atoms with van der Waals surface area (Å²) in [5.41, 5.74) is 3.62. The summed E-state index contributed by atoms with van der Waals surface area (Å²) in [5.74, 6) is -13.3. The Morgan fingerprint density at radius 3 is 1.91 bits per heavy atom. The van der Waals surface area contributed by atoms with Crippen molar-refractivity contribution in [2.24, 2.45) is 0 Å². The molecule has 1 atom stereocenters. The molecular weight excluding hydrogens is 609 g/mol. The van der Waals surface area contributed by atoms with Crippen LogP contribution in [0, 0.1) is 29.1 Å². The molecule has 44 heavy (non-hydrogen) atoms. The van der Waals surface area contributed by atoms with Gasteiger partial charge in [0.05, 0.1) is 6.54 Å². The Labute approximate surface area is 252 Å². The highest BCUT2D eigenvalue weighted by Crippen LogP contribution is 2.55. The maximum absolute atomic E-state index is 14.5. The molecule has 238 valence electrons. The molecule has 0 aromatic heterocycles. The number of carbonyl (C=O) groups is 2. The lowest BCUT2D eigenvalue weighted by molar-refractivity contribution is -0.121. The van der Waals surface area contributed by atoms with E-state index in [-0.39, 0.29) is 17.8 Å². The van der Waals surface area contributed by atoms with E-state index in [9.17, 15) is 40.6 Å². The van der Waals surface area contributed by atoms with Crippen molar-refractivity contribution in [2.45, 2.75) is 62.4 Å². The summed E-state index contributed by atoms with van der Waals surface area (Å²) < 4.78 is 92.5. The number of halogens is 5. The first kappa shape index (κ1) is 33.3. The number of nitrogens with one attached hydrogen (secondary N) is 1. The number of likely N-dealkylation sites (N-methyl/N-ethyl adjacent to an activating group) is 1. The van der Waals surface area contributed by atoms with Crippen LogP contribution < -0.4 is 10.4 Å². The monoisotopic (exact) mass is 641 g/mol. The number of hydroxylamine groups is 1. The van der Waals surface area contributed by atoms with Crippen LogP contribution in [0.5, 0.6) is 0 Å². The second-order valence-electron chi connectivity index (χ2n) is 10.6. The van der Waals surface area contributed by atoms with Gasteiger partial charge in [0, 0.05) is 18.3 Å². The molecule has 2 amide bonds. The molecule has 4 N–H and O–H groups in total. The number of anilines is 1. The fourth-order valence-corrected chi connectivity index (χ4v) is 6.72. The maximum Gasteiger partial charge on any atom is 0.274 e. The molecule has 3 aromatic rings. The zero-order chi connectivity index (χ0) is 32.3. The SMILES string of the molecule is C[C@H](C(=O)N(Cc1ccc(C2CCCCC2)cc1)c1ccc(C(=O)NO)cc1)N(C)S(O)(O)c1c(F)c(F)c(F)c(F)c1F. The molecule has 0 spiro atoms. The number of nitrogens with zero attached hydrogens (tertiary/aromatic N) is 2. The summed E-state index contributed by atoms with van der Waals surface area (Å²) in [6.45, 7) is 1.12. The Balaban J connectivity index is 1.67. The molecule has 0 heterocycles. The molecule has 1 saturated carbocycles. The number of hydrogen-bond acceptors (Lipinski definition) is 6. The molecule has 8 nitrogen and oxygen atoms in total. The average molecular weight is 642 g/mol. The van der Waals surface area contributed by atoms with Crippen LogP contribution in [-0.4, -0.2) is 43.5 Å².